The number of amides is 4. The number of ketones is 1. The van der Waals surface area contributed by atoms with Crippen molar-refractivity contribution in [1.29, 1.82) is 0 Å². The number of carbonyl (C=O) groups is 4. The topological polar surface area (TPSA) is 137 Å². The lowest BCUT2D eigenvalue weighted by molar-refractivity contribution is -0.126. The maximum absolute atomic E-state index is 12.5. The van der Waals surface area contributed by atoms with Crippen molar-refractivity contribution in [2.45, 2.75) is 30.6 Å². The molecule has 1 spiro atoms. The molecule has 9 heteroatoms. The minimum atomic E-state index is -1.06. The van der Waals surface area contributed by atoms with Gasteiger partial charge < -0.3 is 20.5 Å². The van der Waals surface area contributed by atoms with E-state index >= 15 is 0 Å². The number of ether oxygens (including phenoxy) is 2. The van der Waals surface area contributed by atoms with E-state index in [2.05, 4.69) is 16.4 Å². The molecule has 1 saturated heterocycles. The Balaban J connectivity index is 0.000000158. The highest BCUT2D eigenvalue weighted by atomic mass is 16.5. The van der Waals surface area contributed by atoms with Gasteiger partial charge in [0.2, 0.25) is 6.41 Å². The Morgan fingerprint density at radius 1 is 0.714 bits per heavy atom. The molecule has 0 bridgehead atoms. The molecule has 0 saturated carbocycles. The van der Waals surface area contributed by atoms with Crippen LogP contribution in [0.25, 0.3) is 0 Å². The first-order valence-electron chi connectivity index (χ1n) is 13.4. The highest BCUT2D eigenvalue weighted by Gasteiger charge is 2.53. The lowest BCUT2D eigenvalue weighted by Gasteiger charge is -2.37. The number of hydrogen-bond acceptors (Lipinski definition) is 6. The number of benzene rings is 4. The molecule has 0 radical (unpaired) electrons. The van der Waals surface area contributed by atoms with E-state index < -0.39 is 11.6 Å². The molecule has 1 fully saturated rings. The number of imide groups is 1. The van der Waals surface area contributed by atoms with Gasteiger partial charge in [-0.2, -0.15) is 0 Å². The van der Waals surface area contributed by atoms with Crippen LogP contribution in [0.3, 0.4) is 0 Å². The van der Waals surface area contributed by atoms with E-state index in [0.29, 0.717) is 35.5 Å². The van der Waals surface area contributed by atoms with E-state index in [1.165, 1.54) is 0 Å². The molecule has 9 nitrogen and oxygen atoms in total. The van der Waals surface area contributed by atoms with Gasteiger partial charge in [0.25, 0.3) is 5.91 Å². The molecule has 3 aliphatic rings. The number of nitrogens with one attached hydrogen (secondary N) is 2. The molecule has 0 aromatic heterocycles. The number of nitrogens with two attached hydrogens (primary N) is 1. The van der Waals surface area contributed by atoms with Gasteiger partial charge in [0.15, 0.2) is 11.3 Å². The third-order valence-electron chi connectivity index (χ3n) is 7.22. The normalized spacial score (nSPS) is 21.4. The maximum Gasteiger partial charge on any atom is 0.322 e. The number of fused-ring (bicyclic) bond motifs is 3. The Labute approximate surface area is 242 Å². The quantitative estimate of drug-likeness (QED) is 0.238. The Bertz CT molecular complexity index is 1590. The summed E-state index contributed by atoms with van der Waals surface area (Å²) in [5.74, 6) is 1.15. The van der Waals surface area contributed by atoms with E-state index in [1.54, 1.807) is 0 Å². The lowest BCUT2D eigenvalue weighted by atomic mass is 9.80. The third-order valence-corrected chi connectivity index (χ3v) is 7.22. The van der Waals surface area contributed by atoms with Crippen LogP contribution < -0.4 is 25.8 Å². The third kappa shape index (κ3) is 5.71. The van der Waals surface area contributed by atoms with Crippen molar-refractivity contribution in [3.05, 3.63) is 131 Å². The van der Waals surface area contributed by atoms with Crippen LogP contribution in [-0.2, 0) is 15.1 Å². The van der Waals surface area contributed by atoms with Crippen LogP contribution in [0, 0.1) is 0 Å². The van der Waals surface area contributed by atoms with Crippen LogP contribution >= 0.6 is 0 Å². The molecule has 3 heterocycles. The first-order valence-corrected chi connectivity index (χ1v) is 13.4. The van der Waals surface area contributed by atoms with Gasteiger partial charge in [-0.05, 0) is 29.3 Å². The molecule has 3 aliphatic heterocycles. The summed E-state index contributed by atoms with van der Waals surface area (Å²) in [6, 6.07) is 33.9. The van der Waals surface area contributed by atoms with Crippen molar-refractivity contribution < 1.29 is 28.7 Å². The Morgan fingerprint density at radius 3 is 1.86 bits per heavy atom. The van der Waals surface area contributed by atoms with E-state index in [-0.39, 0.29) is 30.3 Å². The minimum Gasteiger partial charge on any atom is -0.485 e. The van der Waals surface area contributed by atoms with Gasteiger partial charge in [0.05, 0.1) is 12.0 Å². The zero-order valence-electron chi connectivity index (χ0n) is 22.6. The molecule has 42 heavy (non-hydrogen) atoms. The second-order valence-corrected chi connectivity index (χ2v) is 9.81. The monoisotopic (exact) mass is 563 g/mol. The second kappa shape index (κ2) is 12.4. The average molecular weight is 564 g/mol. The summed E-state index contributed by atoms with van der Waals surface area (Å²) < 4.78 is 11.9. The van der Waals surface area contributed by atoms with Gasteiger partial charge in [-0.15, -0.1) is 0 Å². The first-order chi connectivity index (χ1) is 20.4. The van der Waals surface area contributed by atoms with Crippen LogP contribution in [0.15, 0.2) is 109 Å². The Hall–Kier alpha value is -5.44. The summed E-state index contributed by atoms with van der Waals surface area (Å²) in [7, 11) is 0. The fraction of sp³-hybridized carbons (Fsp3) is 0.152. The fourth-order valence-electron chi connectivity index (χ4n) is 5.31. The second-order valence-electron chi connectivity index (χ2n) is 9.81. The van der Waals surface area contributed by atoms with Gasteiger partial charge in [0.1, 0.15) is 23.7 Å². The van der Waals surface area contributed by atoms with Crippen molar-refractivity contribution in [2.24, 2.45) is 5.73 Å². The molecule has 3 unspecified atom stereocenters. The number of urea groups is 1. The molecule has 4 aromatic rings. The minimum absolute atomic E-state index is 0.153. The standard InChI is InChI=1S/C17H14N2O3.C15H12O2.CH3NO/c20-15-17(19-16(21)18-15)10-14(11-6-2-1-3-7-11)22-13-9-5-4-8-12(13)17;16-13-10-15(11-6-2-1-3-7-11)17-14-9-5-4-8-12(13)14;2-1-3/h1-9,14H,10H2,(H2,18,19,20,21);1-9,15H,10H2;1H,(H2,2,3). The summed E-state index contributed by atoms with van der Waals surface area (Å²) in [6.45, 7) is 0. The van der Waals surface area contributed by atoms with Crippen molar-refractivity contribution in [3.8, 4) is 11.5 Å². The molecular formula is C33H29N3O6. The highest BCUT2D eigenvalue weighted by Crippen LogP contribution is 2.45. The molecule has 4 N–H and O–H groups in total. The molecular weight excluding hydrogens is 534 g/mol. The predicted octanol–water partition coefficient (Wildman–Crippen LogP) is 4.74. The van der Waals surface area contributed by atoms with E-state index in [0.717, 1.165) is 11.1 Å². The van der Waals surface area contributed by atoms with Crippen LogP contribution in [0.1, 0.15) is 52.1 Å². The van der Waals surface area contributed by atoms with Crippen molar-refractivity contribution in [3.63, 3.8) is 0 Å². The Kier molecular flexibility index (Phi) is 8.29. The molecule has 212 valence electrons. The number of Topliss-reactive ketones (excluding diaryl/α,β-unsaturated/α-hetero) is 1. The maximum atomic E-state index is 12.5. The zero-order chi connectivity index (χ0) is 29.5. The fourth-order valence-corrected chi connectivity index (χ4v) is 5.31. The number of rotatable bonds is 2. The predicted molar refractivity (Wildman–Crippen MR) is 155 cm³/mol. The van der Waals surface area contributed by atoms with Crippen LogP contribution in [0.5, 0.6) is 11.5 Å². The van der Waals surface area contributed by atoms with Gasteiger partial charge in [-0.25, -0.2) is 4.79 Å². The van der Waals surface area contributed by atoms with E-state index in [9.17, 15) is 14.4 Å². The average Bonchev–Trinajstić information content (AvgIpc) is 3.31. The van der Waals surface area contributed by atoms with Gasteiger partial charge in [0, 0.05) is 12.0 Å². The SMILES string of the molecule is NC=O.O=C1CC(c2ccccc2)Oc2ccccc21.O=C1NC(=O)C2(CC(c3ccccc3)Oc3ccccc32)N1. The molecule has 3 atom stereocenters. The van der Waals surface area contributed by atoms with Gasteiger partial charge in [-0.3, -0.25) is 19.7 Å². The number of para-hydroxylation sites is 2. The van der Waals surface area contributed by atoms with Crippen molar-refractivity contribution in [2.75, 3.05) is 0 Å². The van der Waals surface area contributed by atoms with Crippen LogP contribution in [-0.4, -0.2) is 24.1 Å². The van der Waals surface area contributed by atoms with E-state index in [4.69, 9.17) is 14.3 Å². The summed E-state index contributed by atoms with van der Waals surface area (Å²) in [5, 5.41) is 5.14. The lowest BCUT2D eigenvalue weighted by Crippen LogP contribution is -2.48. The molecule has 4 aromatic carbocycles. The Morgan fingerprint density at radius 2 is 1.24 bits per heavy atom. The van der Waals surface area contributed by atoms with Gasteiger partial charge in [-0.1, -0.05) is 91.0 Å². The van der Waals surface area contributed by atoms with Crippen molar-refractivity contribution >= 4 is 24.1 Å². The molecule has 0 aliphatic carbocycles. The molecule has 7 rings (SSSR count). The van der Waals surface area contributed by atoms with Crippen LogP contribution in [0.4, 0.5) is 4.79 Å². The summed E-state index contributed by atoms with van der Waals surface area (Å²) in [4.78, 5) is 44.7. The smallest absolute Gasteiger partial charge is 0.322 e. The number of hydrogen-bond donors (Lipinski definition) is 3. The van der Waals surface area contributed by atoms with Crippen molar-refractivity contribution in [1.82, 2.24) is 10.6 Å². The van der Waals surface area contributed by atoms with Crippen LogP contribution in [0.2, 0.25) is 0 Å². The first kappa shape index (κ1) is 28.1. The number of primary amides is 1. The number of carbonyl (C=O) groups excluding carboxylic acids is 4. The van der Waals surface area contributed by atoms with E-state index in [1.807, 2.05) is 109 Å². The zero-order valence-corrected chi connectivity index (χ0v) is 22.6. The molecule has 4 amide bonds. The summed E-state index contributed by atoms with van der Waals surface area (Å²) in [5.41, 5.74) is 6.53. The summed E-state index contributed by atoms with van der Waals surface area (Å²) >= 11 is 0. The van der Waals surface area contributed by atoms with Gasteiger partial charge >= 0.3 is 6.03 Å². The largest absolute Gasteiger partial charge is 0.485 e. The summed E-state index contributed by atoms with van der Waals surface area (Å²) in [6.07, 6.45) is 0.589. The highest BCUT2D eigenvalue weighted by molar-refractivity contribution is 6.08.